The second-order valence-electron chi connectivity index (χ2n) is 1.05. The second-order valence-corrected chi connectivity index (χ2v) is 1.05. The van der Waals surface area contributed by atoms with Gasteiger partial charge in [0.05, 0.1) is 0 Å². The molecule has 0 saturated heterocycles. The maximum absolute atomic E-state index is 8.50. The van der Waals surface area contributed by atoms with Gasteiger partial charge in [-0.25, -0.2) is 5.31 Å². The van der Waals surface area contributed by atoms with Crippen LogP contribution in [-0.2, 0) is 0 Å². The van der Waals surface area contributed by atoms with Crippen molar-refractivity contribution in [1.29, 1.82) is 0 Å². The summed E-state index contributed by atoms with van der Waals surface area (Å²) >= 11 is 0. The van der Waals surface area contributed by atoms with E-state index in [2.05, 4.69) is 13.2 Å². The first-order valence-corrected chi connectivity index (χ1v) is 1.72. The van der Waals surface area contributed by atoms with Crippen molar-refractivity contribution in [3.63, 3.8) is 0 Å². The number of rotatable bonds is 1. The molecule has 0 amide bonds. The Morgan fingerprint density at radius 1 is 1.71 bits per heavy atom. The zero-order valence-corrected chi connectivity index (χ0v) is 4.32. The Balaban J connectivity index is 0. The summed E-state index contributed by atoms with van der Waals surface area (Å²) in [5, 5.41) is 5.50. The van der Waals surface area contributed by atoms with Gasteiger partial charge in [-0.05, 0) is 6.92 Å². The minimum Gasteiger partial charge on any atom is -0.209 e. The van der Waals surface area contributed by atoms with Crippen molar-refractivity contribution in [2.45, 2.75) is 6.92 Å². The molecule has 0 rings (SSSR count). The maximum Gasteiger partial charge on any atom is -0.0404 e. The molecular weight excluding hydrogens is 95.1 g/mol. The molecule has 0 radical (unpaired) electrons. The molecule has 0 spiro atoms. The number of allylic oxidation sites excluding steroid dienone is 2. The molecule has 0 heterocycles. The van der Waals surface area contributed by atoms with E-state index in [9.17, 15) is 0 Å². The van der Waals surface area contributed by atoms with Crippen LogP contribution in [0.5, 0.6) is 0 Å². The molecule has 0 atom stereocenters. The van der Waals surface area contributed by atoms with E-state index in [1.807, 2.05) is 6.92 Å². The van der Waals surface area contributed by atoms with E-state index in [1.165, 1.54) is 0 Å². The SMILES string of the molecule is C=CC(=C)C.OF. The van der Waals surface area contributed by atoms with Crippen LogP contribution >= 0.6 is 0 Å². The van der Waals surface area contributed by atoms with Crippen LogP contribution in [0.25, 0.3) is 0 Å². The molecule has 0 aliphatic rings. The molecule has 0 fully saturated rings. The van der Waals surface area contributed by atoms with Crippen LogP contribution in [0.4, 0.5) is 4.53 Å². The van der Waals surface area contributed by atoms with E-state index in [-0.39, 0.29) is 0 Å². The van der Waals surface area contributed by atoms with Crippen molar-refractivity contribution < 1.29 is 9.84 Å². The molecule has 2 heteroatoms. The molecule has 0 aliphatic heterocycles. The van der Waals surface area contributed by atoms with Crippen LogP contribution in [-0.4, -0.2) is 5.31 Å². The van der Waals surface area contributed by atoms with Crippen LogP contribution < -0.4 is 0 Å². The predicted molar refractivity (Wildman–Crippen MR) is 28.3 cm³/mol. The van der Waals surface area contributed by atoms with Gasteiger partial charge in [-0.1, -0.05) is 29.3 Å². The highest BCUT2D eigenvalue weighted by Gasteiger charge is 1.59. The van der Waals surface area contributed by atoms with Crippen LogP contribution in [0.15, 0.2) is 24.8 Å². The lowest BCUT2D eigenvalue weighted by molar-refractivity contribution is -0.0441. The minimum atomic E-state index is 1.02. The van der Waals surface area contributed by atoms with Gasteiger partial charge in [-0.3, -0.25) is 0 Å². The minimum absolute atomic E-state index is 1.02. The van der Waals surface area contributed by atoms with E-state index in [4.69, 9.17) is 9.84 Å². The third-order valence-electron chi connectivity index (χ3n) is 0.348. The summed E-state index contributed by atoms with van der Waals surface area (Å²) in [5.41, 5.74) is 1.02. The molecule has 0 unspecified atom stereocenters. The van der Waals surface area contributed by atoms with Gasteiger partial charge in [0.25, 0.3) is 0 Å². The van der Waals surface area contributed by atoms with Crippen LogP contribution in [0, 0.1) is 0 Å². The van der Waals surface area contributed by atoms with E-state index in [0.717, 1.165) is 5.57 Å². The fourth-order valence-corrected chi connectivity index (χ4v) is 0. The van der Waals surface area contributed by atoms with E-state index in [1.54, 1.807) is 6.08 Å². The highest BCUT2D eigenvalue weighted by atomic mass is 19.3. The Bertz CT molecular complexity index is 59.1. The third kappa shape index (κ3) is 32.5. The Morgan fingerprint density at radius 2 is 1.86 bits per heavy atom. The lowest BCUT2D eigenvalue weighted by Crippen LogP contribution is -1.50. The van der Waals surface area contributed by atoms with Crippen molar-refractivity contribution in [2.75, 3.05) is 0 Å². The Labute approximate surface area is 42.7 Å². The van der Waals surface area contributed by atoms with Crippen LogP contribution in [0.3, 0.4) is 0 Å². The van der Waals surface area contributed by atoms with Crippen molar-refractivity contribution in [3.8, 4) is 0 Å². The molecule has 42 valence electrons. The fourth-order valence-electron chi connectivity index (χ4n) is 0. The first kappa shape index (κ1) is 9.62. The standard InChI is InChI=1S/C5H8.FHO/c1-4-5(2)3;1-2/h4H,1-2H2,3H3;2H. The largest absolute Gasteiger partial charge is 0.209 e. The summed E-state index contributed by atoms with van der Waals surface area (Å²) in [5.74, 6) is 0. The predicted octanol–water partition coefficient (Wildman–Crippen LogP) is 1.61. The summed E-state index contributed by atoms with van der Waals surface area (Å²) < 4.78 is 8.50. The first-order chi connectivity index (χ1) is 3.27. The smallest absolute Gasteiger partial charge is 0.0404 e. The molecule has 1 N–H and O–H groups in total. The molecule has 0 aromatic rings. The normalized spacial score (nSPS) is 5.57. The second kappa shape index (κ2) is 9.03. The average molecular weight is 104 g/mol. The highest BCUT2D eigenvalue weighted by molar-refractivity contribution is 5.05. The van der Waals surface area contributed by atoms with Crippen LogP contribution in [0.1, 0.15) is 6.92 Å². The van der Waals surface area contributed by atoms with Gasteiger partial charge in [0.15, 0.2) is 0 Å². The van der Waals surface area contributed by atoms with Crippen molar-refractivity contribution in [3.05, 3.63) is 24.8 Å². The first-order valence-electron chi connectivity index (χ1n) is 1.72. The van der Waals surface area contributed by atoms with Gasteiger partial charge < -0.3 is 0 Å². The third-order valence-corrected chi connectivity index (χ3v) is 0.348. The summed E-state index contributed by atoms with van der Waals surface area (Å²) in [4.78, 5) is 0. The summed E-state index contributed by atoms with van der Waals surface area (Å²) in [6.07, 6.45) is 1.72. The van der Waals surface area contributed by atoms with Crippen molar-refractivity contribution in [2.24, 2.45) is 0 Å². The summed E-state index contributed by atoms with van der Waals surface area (Å²) in [6.45, 7) is 8.93. The monoisotopic (exact) mass is 104 g/mol. The molecule has 0 aliphatic carbocycles. The maximum atomic E-state index is 8.50. The van der Waals surface area contributed by atoms with E-state index in [0.29, 0.717) is 0 Å². The Hall–Kier alpha value is -0.630. The molecule has 0 bridgehead atoms. The quantitative estimate of drug-likeness (QED) is 0.501. The van der Waals surface area contributed by atoms with Gasteiger partial charge in [0.2, 0.25) is 0 Å². The lowest BCUT2D eigenvalue weighted by Gasteiger charge is -1.71. The molecule has 1 nitrogen and oxygen atoms in total. The van der Waals surface area contributed by atoms with Crippen LogP contribution in [0.2, 0.25) is 0 Å². The molecule has 0 aromatic heterocycles. The van der Waals surface area contributed by atoms with Crippen molar-refractivity contribution >= 4 is 0 Å². The number of hydrogen-bond acceptors (Lipinski definition) is 1. The molecule has 0 saturated carbocycles. The van der Waals surface area contributed by atoms with Gasteiger partial charge in [0.1, 0.15) is 0 Å². The number of halogens is 1. The van der Waals surface area contributed by atoms with E-state index >= 15 is 0 Å². The fraction of sp³-hybridized carbons (Fsp3) is 0.200. The summed E-state index contributed by atoms with van der Waals surface area (Å²) in [7, 11) is 0. The Morgan fingerprint density at radius 3 is 1.86 bits per heavy atom. The zero-order valence-electron chi connectivity index (χ0n) is 4.32. The molecular formula is C5H9FO. The van der Waals surface area contributed by atoms with Gasteiger partial charge in [-0.2, -0.15) is 0 Å². The molecule has 0 aromatic carbocycles. The van der Waals surface area contributed by atoms with Gasteiger partial charge in [0, 0.05) is 0 Å². The topological polar surface area (TPSA) is 20.2 Å². The lowest BCUT2D eigenvalue weighted by atomic mass is 10.4. The van der Waals surface area contributed by atoms with Gasteiger partial charge >= 0.3 is 0 Å². The Kier molecular flexibility index (Phi) is 12.4. The summed E-state index contributed by atoms with van der Waals surface area (Å²) in [6, 6.07) is 0. The highest BCUT2D eigenvalue weighted by Crippen LogP contribution is 1.81. The van der Waals surface area contributed by atoms with Crippen molar-refractivity contribution in [1.82, 2.24) is 0 Å². The number of hydrogen-bond donors (Lipinski definition) is 1. The van der Waals surface area contributed by atoms with Gasteiger partial charge in [-0.15, -0.1) is 0 Å². The average Bonchev–Trinajstić information content (AvgIpc) is 1.73. The zero-order chi connectivity index (χ0) is 6.28. The van der Waals surface area contributed by atoms with E-state index < -0.39 is 0 Å². The molecule has 7 heavy (non-hydrogen) atoms.